The van der Waals surface area contributed by atoms with Gasteiger partial charge in [0.1, 0.15) is 5.69 Å². The van der Waals surface area contributed by atoms with Gasteiger partial charge in [-0.3, -0.25) is 15.0 Å². The van der Waals surface area contributed by atoms with Gasteiger partial charge in [-0.2, -0.15) is 0 Å². The summed E-state index contributed by atoms with van der Waals surface area (Å²) in [6.07, 6.45) is 6.46. The Labute approximate surface area is 115 Å². The molecule has 2 aromatic heterocycles. The molecular weight excluding hydrogens is 254 g/mol. The van der Waals surface area contributed by atoms with Crippen LogP contribution in [0.4, 0.5) is 0 Å². The largest absolute Gasteiger partial charge is 0.480 e. The number of rotatable bonds is 3. The fourth-order valence-electron chi connectivity index (χ4n) is 2.12. The molecule has 1 atom stereocenters. The van der Waals surface area contributed by atoms with E-state index >= 15 is 0 Å². The lowest BCUT2D eigenvalue weighted by Gasteiger charge is -2.15. The number of aromatic nitrogens is 4. The highest BCUT2D eigenvalue weighted by Gasteiger charge is 2.19. The van der Waals surface area contributed by atoms with Gasteiger partial charge in [-0.15, -0.1) is 0 Å². The zero-order chi connectivity index (χ0) is 13.9. The Bertz CT molecular complexity index is 741. The van der Waals surface area contributed by atoms with Crippen molar-refractivity contribution in [1.82, 2.24) is 19.9 Å². The van der Waals surface area contributed by atoms with Gasteiger partial charge in [-0.05, 0) is 6.07 Å². The normalized spacial score (nSPS) is 12.3. The zero-order valence-corrected chi connectivity index (χ0v) is 10.9. The lowest BCUT2D eigenvalue weighted by Crippen LogP contribution is -2.16. The van der Waals surface area contributed by atoms with E-state index in [1.54, 1.807) is 31.9 Å². The summed E-state index contributed by atoms with van der Waals surface area (Å²) in [5.41, 5.74) is 9.28. The van der Waals surface area contributed by atoms with Gasteiger partial charge in [0.05, 0.1) is 24.2 Å². The second kappa shape index (κ2) is 5.18. The maximum absolute atomic E-state index is 6.31. The van der Waals surface area contributed by atoms with E-state index in [2.05, 4.69) is 19.9 Å². The van der Waals surface area contributed by atoms with Crippen LogP contribution in [0.3, 0.4) is 0 Å². The third kappa shape index (κ3) is 2.06. The van der Waals surface area contributed by atoms with Gasteiger partial charge in [0.2, 0.25) is 5.88 Å². The summed E-state index contributed by atoms with van der Waals surface area (Å²) >= 11 is 0. The van der Waals surface area contributed by atoms with Gasteiger partial charge in [0.25, 0.3) is 0 Å². The van der Waals surface area contributed by atoms with E-state index in [0.717, 1.165) is 16.6 Å². The second-order valence-electron chi connectivity index (χ2n) is 4.20. The van der Waals surface area contributed by atoms with Crippen LogP contribution >= 0.6 is 0 Å². The van der Waals surface area contributed by atoms with Crippen LogP contribution in [0.2, 0.25) is 0 Å². The van der Waals surface area contributed by atoms with Crippen LogP contribution in [-0.2, 0) is 0 Å². The number of para-hydroxylation sites is 1. The van der Waals surface area contributed by atoms with Crippen molar-refractivity contribution in [3.8, 4) is 5.88 Å². The van der Waals surface area contributed by atoms with Gasteiger partial charge in [0.15, 0.2) is 0 Å². The highest BCUT2D eigenvalue weighted by molar-refractivity contribution is 5.78. The van der Waals surface area contributed by atoms with E-state index in [4.69, 9.17) is 10.5 Å². The molecule has 6 heteroatoms. The van der Waals surface area contributed by atoms with Crippen molar-refractivity contribution in [3.63, 3.8) is 0 Å². The second-order valence-corrected chi connectivity index (χ2v) is 4.20. The quantitative estimate of drug-likeness (QED) is 0.773. The van der Waals surface area contributed by atoms with Crippen LogP contribution in [-0.4, -0.2) is 27.0 Å². The number of benzene rings is 1. The predicted molar refractivity (Wildman–Crippen MR) is 74.2 cm³/mol. The SMILES string of the molecule is COc1nccnc1C(N)c1cccc2nccnc12. The fourth-order valence-corrected chi connectivity index (χ4v) is 2.12. The molecule has 0 saturated carbocycles. The summed E-state index contributed by atoms with van der Waals surface area (Å²) in [4.78, 5) is 17.0. The molecule has 3 rings (SSSR count). The van der Waals surface area contributed by atoms with Crippen molar-refractivity contribution in [3.05, 3.63) is 54.2 Å². The van der Waals surface area contributed by atoms with Crippen LogP contribution in [0, 0.1) is 0 Å². The van der Waals surface area contributed by atoms with Crippen molar-refractivity contribution in [2.45, 2.75) is 6.04 Å². The minimum atomic E-state index is -0.473. The molecule has 2 N–H and O–H groups in total. The Morgan fingerprint density at radius 3 is 2.60 bits per heavy atom. The first-order valence-electron chi connectivity index (χ1n) is 6.11. The average molecular weight is 267 g/mol. The van der Waals surface area contributed by atoms with E-state index in [-0.39, 0.29) is 0 Å². The molecule has 2 heterocycles. The third-order valence-electron chi connectivity index (χ3n) is 3.04. The first-order valence-corrected chi connectivity index (χ1v) is 6.11. The van der Waals surface area contributed by atoms with E-state index in [1.165, 1.54) is 0 Å². The highest BCUT2D eigenvalue weighted by atomic mass is 16.5. The molecule has 0 saturated heterocycles. The summed E-state index contributed by atoms with van der Waals surface area (Å²) < 4.78 is 5.21. The van der Waals surface area contributed by atoms with E-state index in [0.29, 0.717) is 11.6 Å². The topological polar surface area (TPSA) is 86.8 Å². The molecule has 0 fully saturated rings. The first-order chi connectivity index (χ1) is 9.81. The summed E-state index contributed by atoms with van der Waals surface area (Å²) in [7, 11) is 1.54. The molecule has 20 heavy (non-hydrogen) atoms. The third-order valence-corrected chi connectivity index (χ3v) is 3.04. The monoisotopic (exact) mass is 267 g/mol. The molecule has 0 bridgehead atoms. The fraction of sp³-hybridized carbons (Fsp3) is 0.143. The van der Waals surface area contributed by atoms with Gasteiger partial charge in [-0.1, -0.05) is 12.1 Å². The van der Waals surface area contributed by atoms with E-state index in [1.807, 2.05) is 18.2 Å². The van der Waals surface area contributed by atoms with E-state index in [9.17, 15) is 0 Å². The highest BCUT2D eigenvalue weighted by Crippen LogP contribution is 2.27. The first kappa shape index (κ1) is 12.4. The Morgan fingerprint density at radius 2 is 1.75 bits per heavy atom. The van der Waals surface area contributed by atoms with Gasteiger partial charge >= 0.3 is 0 Å². The number of fused-ring (bicyclic) bond motifs is 1. The molecule has 0 amide bonds. The summed E-state index contributed by atoms with van der Waals surface area (Å²) in [6.45, 7) is 0. The molecule has 1 unspecified atom stereocenters. The Kier molecular flexibility index (Phi) is 3.22. The minimum Gasteiger partial charge on any atom is -0.480 e. The summed E-state index contributed by atoms with van der Waals surface area (Å²) in [6, 6.07) is 5.23. The van der Waals surface area contributed by atoms with Crippen LogP contribution in [0.25, 0.3) is 11.0 Å². The lowest BCUT2D eigenvalue weighted by molar-refractivity contribution is 0.387. The van der Waals surface area contributed by atoms with Crippen LogP contribution < -0.4 is 10.5 Å². The number of hydrogen-bond donors (Lipinski definition) is 1. The van der Waals surface area contributed by atoms with Gasteiger partial charge < -0.3 is 10.5 Å². The van der Waals surface area contributed by atoms with Crippen LogP contribution in [0.1, 0.15) is 17.3 Å². The summed E-state index contributed by atoms with van der Waals surface area (Å²) in [5.74, 6) is 0.417. The number of nitrogens with two attached hydrogens (primary N) is 1. The van der Waals surface area contributed by atoms with Crippen LogP contribution in [0.5, 0.6) is 5.88 Å². The van der Waals surface area contributed by atoms with Crippen molar-refractivity contribution < 1.29 is 4.74 Å². The minimum absolute atomic E-state index is 0.417. The molecule has 0 aliphatic carbocycles. The maximum Gasteiger partial charge on any atom is 0.237 e. The zero-order valence-electron chi connectivity index (χ0n) is 10.9. The number of ether oxygens (including phenoxy) is 1. The molecule has 0 aliphatic rings. The van der Waals surface area contributed by atoms with Crippen molar-refractivity contribution in [2.24, 2.45) is 5.73 Å². The molecule has 0 aliphatic heterocycles. The molecular formula is C14H13N5O. The Balaban J connectivity index is 2.15. The Morgan fingerprint density at radius 1 is 1.00 bits per heavy atom. The maximum atomic E-state index is 6.31. The van der Waals surface area contributed by atoms with E-state index < -0.39 is 6.04 Å². The van der Waals surface area contributed by atoms with Gasteiger partial charge in [0, 0.05) is 30.4 Å². The molecule has 0 spiro atoms. The predicted octanol–water partition coefficient (Wildman–Crippen LogP) is 1.48. The number of methoxy groups -OCH3 is 1. The van der Waals surface area contributed by atoms with Crippen molar-refractivity contribution >= 4 is 11.0 Å². The molecule has 6 nitrogen and oxygen atoms in total. The number of nitrogens with zero attached hydrogens (tertiary/aromatic N) is 4. The lowest BCUT2D eigenvalue weighted by atomic mass is 10.0. The Hall–Kier alpha value is -2.60. The van der Waals surface area contributed by atoms with Crippen LogP contribution in [0.15, 0.2) is 43.0 Å². The number of hydrogen-bond acceptors (Lipinski definition) is 6. The molecule has 100 valence electrons. The van der Waals surface area contributed by atoms with Crippen molar-refractivity contribution in [1.29, 1.82) is 0 Å². The van der Waals surface area contributed by atoms with Gasteiger partial charge in [-0.25, -0.2) is 4.98 Å². The molecule has 1 aromatic carbocycles. The van der Waals surface area contributed by atoms with Crippen molar-refractivity contribution in [2.75, 3.05) is 7.11 Å². The molecule has 3 aromatic rings. The smallest absolute Gasteiger partial charge is 0.237 e. The molecule has 0 radical (unpaired) electrons. The standard InChI is InChI=1S/C14H13N5O/c1-20-14-13(18-7-8-19-14)11(15)9-3-2-4-10-12(9)17-6-5-16-10/h2-8,11H,15H2,1H3. The summed E-state index contributed by atoms with van der Waals surface area (Å²) in [5, 5.41) is 0. The average Bonchev–Trinajstić information content (AvgIpc) is 2.53.